The van der Waals surface area contributed by atoms with Gasteiger partial charge in [0, 0.05) is 36.7 Å². The maximum Gasteiger partial charge on any atom is 0.257 e. The summed E-state index contributed by atoms with van der Waals surface area (Å²) in [4.78, 5) is 30.4. The number of amides is 2. The highest BCUT2D eigenvalue weighted by Crippen LogP contribution is 2.38. The summed E-state index contributed by atoms with van der Waals surface area (Å²) in [6.07, 6.45) is 7.28. The van der Waals surface area contributed by atoms with Gasteiger partial charge in [0.25, 0.3) is 5.91 Å². The van der Waals surface area contributed by atoms with Crippen molar-refractivity contribution in [1.29, 1.82) is 0 Å². The molecule has 198 valence electrons. The van der Waals surface area contributed by atoms with Gasteiger partial charge in [-0.15, -0.1) is 0 Å². The molecule has 0 saturated carbocycles. The molecule has 0 N–H and O–H groups in total. The molecule has 1 spiro atoms. The Bertz CT molecular complexity index is 1080. The van der Waals surface area contributed by atoms with Gasteiger partial charge in [0.1, 0.15) is 5.75 Å². The van der Waals surface area contributed by atoms with Gasteiger partial charge in [0.2, 0.25) is 5.91 Å². The largest absolute Gasteiger partial charge is 0.492 e. The van der Waals surface area contributed by atoms with Crippen LogP contribution < -0.4 is 4.74 Å². The number of ether oxygens (including phenoxy) is 2. The minimum atomic E-state index is -0.0203. The van der Waals surface area contributed by atoms with Crippen LogP contribution >= 0.6 is 11.6 Å². The quantitative estimate of drug-likeness (QED) is 0.529. The molecule has 0 unspecified atom stereocenters. The summed E-state index contributed by atoms with van der Waals surface area (Å²) < 4.78 is 12.5. The van der Waals surface area contributed by atoms with Gasteiger partial charge in [-0.2, -0.15) is 0 Å². The van der Waals surface area contributed by atoms with Crippen LogP contribution in [0.2, 0.25) is 5.02 Å². The number of para-hydroxylation sites is 1. The minimum Gasteiger partial charge on any atom is -0.492 e. The molecule has 5 rings (SSSR count). The molecule has 2 saturated heterocycles. The van der Waals surface area contributed by atoms with Crippen molar-refractivity contribution in [2.45, 2.75) is 57.4 Å². The summed E-state index contributed by atoms with van der Waals surface area (Å²) in [6.45, 7) is 4.10. The average molecular weight is 525 g/mol. The van der Waals surface area contributed by atoms with E-state index >= 15 is 0 Å². The molecule has 2 amide bonds. The van der Waals surface area contributed by atoms with Crippen LogP contribution in [0.4, 0.5) is 0 Å². The number of hydrogen-bond donors (Lipinski definition) is 0. The molecular formula is C30H37ClN2O4. The van der Waals surface area contributed by atoms with Crippen LogP contribution in [-0.2, 0) is 16.0 Å². The van der Waals surface area contributed by atoms with E-state index in [1.54, 1.807) is 0 Å². The number of likely N-dealkylation sites (tertiary alicyclic amines) is 1. The van der Waals surface area contributed by atoms with E-state index in [1.165, 1.54) is 0 Å². The molecular weight excluding hydrogens is 488 g/mol. The van der Waals surface area contributed by atoms with Gasteiger partial charge >= 0.3 is 0 Å². The second-order valence-corrected chi connectivity index (χ2v) is 11.2. The van der Waals surface area contributed by atoms with Gasteiger partial charge in [0.15, 0.2) is 0 Å². The molecule has 3 heterocycles. The molecule has 0 aliphatic carbocycles. The monoisotopic (exact) mass is 524 g/mol. The SMILES string of the molecule is O=C(Cc1ccc(Cl)cc1)N1CCC2(CCCCOC[C@@H]3CCCN3C(=O)c3ccccc3OC2)CC1. The lowest BCUT2D eigenvalue weighted by Gasteiger charge is -2.42. The fourth-order valence-corrected chi connectivity index (χ4v) is 6.07. The van der Waals surface area contributed by atoms with Crippen LogP contribution in [-0.4, -0.2) is 67.1 Å². The highest BCUT2D eigenvalue weighted by Gasteiger charge is 2.37. The van der Waals surface area contributed by atoms with Crippen LogP contribution in [0.1, 0.15) is 60.9 Å². The van der Waals surface area contributed by atoms with E-state index in [1.807, 2.05) is 58.3 Å². The summed E-state index contributed by atoms with van der Waals surface area (Å²) in [5.74, 6) is 0.857. The lowest BCUT2D eigenvalue weighted by atomic mass is 9.75. The molecule has 2 aromatic carbocycles. The van der Waals surface area contributed by atoms with E-state index < -0.39 is 0 Å². The highest BCUT2D eigenvalue weighted by atomic mass is 35.5. The second kappa shape index (κ2) is 11.9. The molecule has 1 atom stereocenters. The van der Waals surface area contributed by atoms with Crippen molar-refractivity contribution in [1.82, 2.24) is 9.80 Å². The number of halogens is 1. The molecule has 2 aromatic rings. The number of benzene rings is 2. The predicted octanol–water partition coefficient (Wildman–Crippen LogP) is 5.38. The first-order valence-electron chi connectivity index (χ1n) is 13.7. The normalized spacial score (nSPS) is 22.6. The fraction of sp³-hybridized carbons (Fsp3) is 0.533. The van der Waals surface area contributed by atoms with Crippen LogP contribution in [0.5, 0.6) is 5.75 Å². The summed E-state index contributed by atoms with van der Waals surface area (Å²) >= 11 is 5.99. The number of carbonyl (C=O) groups is 2. The Labute approximate surface area is 224 Å². The van der Waals surface area contributed by atoms with Crippen molar-refractivity contribution in [3.63, 3.8) is 0 Å². The third-order valence-electron chi connectivity index (χ3n) is 8.29. The molecule has 37 heavy (non-hydrogen) atoms. The Kier molecular flexibility index (Phi) is 8.36. The van der Waals surface area contributed by atoms with Crippen molar-refractivity contribution in [3.8, 4) is 5.75 Å². The average Bonchev–Trinajstić information content (AvgIpc) is 3.39. The van der Waals surface area contributed by atoms with E-state index in [2.05, 4.69) is 0 Å². The number of carbonyl (C=O) groups excluding carboxylic acids is 2. The smallest absolute Gasteiger partial charge is 0.257 e. The van der Waals surface area contributed by atoms with E-state index in [-0.39, 0.29) is 23.3 Å². The Hall–Kier alpha value is -2.57. The third-order valence-corrected chi connectivity index (χ3v) is 8.54. The third kappa shape index (κ3) is 6.29. The number of rotatable bonds is 2. The lowest BCUT2D eigenvalue weighted by Crippen LogP contribution is -2.46. The van der Waals surface area contributed by atoms with Crippen molar-refractivity contribution >= 4 is 23.4 Å². The summed E-state index contributed by atoms with van der Waals surface area (Å²) in [5, 5.41) is 0.680. The topological polar surface area (TPSA) is 59.1 Å². The summed E-state index contributed by atoms with van der Waals surface area (Å²) in [5.41, 5.74) is 1.60. The van der Waals surface area contributed by atoms with E-state index in [9.17, 15) is 9.59 Å². The minimum absolute atomic E-state index is 0.0203. The van der Waals surface area contributed by atoms with E-state index in [0.717, 1.165) is 76.8 Å². The fourth-order valence-electron chi connectivity index (χ4n) is 5.94. The van der Waals surface area contributed by atoms with Crippen molar-refractivity contribution in [2.24, 2.45) is 5.41 Å². The molecule has 7 heteroatoms. The molecule has 0 bridgehead atoms. The van der Waals surface area contributed by atoms with Gasteiger partial charge in [-0.3, -0.25) is 9.59 Å². The van der Waals surface area contributed by atoms with Gasteiger partial charge in [0.05, 0.1) is 31.2 Å². The zero-order chi connectivity index (χ0) is 25.7. The molecule has 3 aliphatic rings. The molecule has 0 aromatic heterocycles. The van der Waals surface area contributed by atoms with Crippen molar-refractivity contribution in [3.05, 3.63) is 64.7 Å². The Morgan fingerprint density at radius 2 is 1.76 bits per heavy atom. The van der Waals surface area contributed by atoms with Crippen LogP contribution in [0.3, 0.4) is 0 Å². The van der Waals surface area contributed by atoms with E-state index in [4.69, 9.17) is 21.1 Å². The van der Waals surface area contributed by atoms with Crippen LogP contribution in [0.15, 0.2) is 48.5 Å². The number of hydrogen-bond acceptors (Lipinski definition) is 4. The van der Waals surface area contributed by atoms with Crippen molar-refractivity contribution < 1.29 is 19.1 Å². The van der Waals surface area contributed by atoms with Gasteiger partial charge in [-0.05, 0) is 68.4 Å². The highest BCUT2D eigenvalue weighted by molar-refractivity contribution is 6.30. The first-order chi connectivity index (χ1) is 18.0. The number of piperidine rings is 1. The van der Waals surface area contributed by atoms with Crippen molar-refractivity contribution in [2.75, 3.05) is 39.5 Å². The molecule has 2 fully saturated rings. The van der Waals surface area contributed by atoms with E-state index in [0.29, 0.717) is 36.0 Å². The maximum absolute atomic E-state index is 13.5. The Balaban J connectivity index is 1.28. The van der Waals surface area contributed by atoms with Gasteiger partial charge in [-0.1, -0.05) is 42.3 Å². The molecule has 6 nitrogen and oxygen atoms in total. The Morgan fingerprint density at radius 1 is 0.973 bits per heavy atom. The second-order valence-electron chi connectivity index (χ2n) is 10.8. The first kappa shape index (κ1) is 26.1. The first-order valence-corrected chi connectivity index (χ1v) is 14.0. The zero-order valence-corrected chi connectivity index (χ0v) is 22.3. The van der Waals surface area contributed by atoms with Gasteiger partial charge < -0.3 is 19.3 Å². The lowest BCUT2D eigenvalue weighted by molar-refractivity contribution is -0.133. The summed E-state index contributed by atoms with van der Waals surface area (Å²) in [7, 11) is 0. The Morgan fingerprint density at radius 3 is 2.57 bits per heavy atom. The van der Waals surface area contributed by atoms with Crippen LogP contribution in [0, 0.1) is 5.41 Å². The van der Waals surface area contributed by atoms with Crippen LogP contribution in [0.25, 0.3) is 0 Å². The standard InChI is InChI=1S/C30H37ClN2O4/c31-24-11-9-23(10-12-24)20-28(34)32-17-14-30(15-18-32)13-3-4-19-36-21-25-6-5-16-33(25)29(35)26-7-1-2-8-27(26)37-22-30/h1-2,7-12,25H,3-6,13-22H2/t25-/m0/s1. The van der Waals surface area contributed by atoms with Gasteiger partial charge in [-0.25, -0.2) is 0 Å². The maximum atomic E-state index is 13.5. The predicted molar refractivity (Wildman–Crippen MR) is 144 cm³/mol. The zero-order valence-electron chi connectivity index (χ0n) is 21.5. The molecule has 3 aliphatic heterocycles. The molecule has 0 radical (unpaired) electrons. The summed E-state index contributed by atoms with van der Waals surface area (Å²) in [6, 6.07) is 15.3. The number of nitrogens with zero attached hydrogens (tertiary/aromatic N) is 2. The number of fused-ring (bicyclic) bond motifs is 2.